The normalized spacial score (nSPS) is 13.7. The maximum absolute atomic E-state index is 11.3. The van der Waals surface area contributed by atoms with E-state index in [0.29, 0.717) is 66.2 Å². The Hall–Kier alpha value is -4.15. The van der Waals surface area contributed by atoms with Crippen LogP contribution >= 0.6 is 0 Å². The van der Waals surface area contributed by atoms with Gasteiger partial charge in [-0.15, -0.1) is 0 Å². The number of methoxy groups -OCH3 is 1. The van der Waals surface area contributed by atoms with Gasteiger partial charge in [0.2, 0.25) is 0 Å². The van der Waals surface area contributed by atoms with Gasteiger partial charge >= 0.3 is 0 Å². The first-order chi connectivity index (χ1) is 17.1. The molecule has 3 heterocycles. The molecular weight excluding hydrogens is 450 g/mol. The summed E-state index contributed by atoms with van der Waals surface area (Å²) < 4.78 is 10.8. The van der Waals surface area contributed by atoms with Gasteiger partial charge in [0, 0.05) is 41.9 Å². The number of aliphatic hydroxyl groups is 1. The molecule has 4 aromatic rings. The van der Waals surface area contributed by atoms with Crippen LogP contribution in [0, 0.1) is 10.1 Å². The molecule has 1 aliphatic rings. The Morgan fingerprint density at radius 3 is 2.63 bits per heavy atom. The molecule has 178 valence electrons. The Bertz CT molecular complexity index is 1400. The fourth-order valence-corrected chi connectivity index (χ4v) is 4.12. The number of aromatic nitrogens is 3. The lowest BCUT2D eigenvalue weighted by Crippen LogP contribution is -2.37. The van der Waals surface area contributed by atoms with Crippen molar-refractivity contribution in [2.45, 2.75) is 6.61 Å². The zero-order valence-electron chi connectivity index (χ0n) is 19.0. The highest BCUT2D eigenvalue weighted by Crippen LogP contribution is 2.32. The van der Waals surface area contributed by atoms with E-state index < -0.39 is 4.92 Å². The standard InChI is InChI=1S/C25H23N5O5/c1-34-22-8-5-16(13-18(22)15-31)21-7-6-20-24(26-21)27-23(17-3-2-4-19(14-17)30(32)33)28-25(20)29-9-11-35-12-10-29/h2-8,13-14,31H,9-12,15H2,1H3. The van der Waals surface area contributed by atoms with E-state index in [1.165, 1.54) is 12.1 Å². The lowest BCUT2D eigenvalue weighted by Gasteiger charge is -2.28. The lowest BCUT2D eigenvalue weighted by molar-refractivity contribution is -0.384. The molecule has 5 rings (SSSR count). The van der Waals surface area contributed by atoms with Gasteiger partial charge < -0.3 is 19.5 Å². The average molecular weight is 473 g/mol. The minimum Gasteiger partial charge on any atom is -0.496 e. The van der Waals surface area contributed by atoms with Crippen LogP contribution in [0.1, 0.15) is 5.56 Å². The number of nitrogens with zero attached hydrogens (tertiary/aromatic N) is 5. The number of nitro benzene ring substituents is 1. The second kappa shape index (κ2) is 9.61. The van der Waals surface area contributed by atoms with E-state index in [4.69, 9.17) is 19.4 Å². The van der Waals surface area contributed by atoms with E-state index in [0.717, 1.165) is 10.9 Å². The molecule has 0 aliphatic carbocycles. The summed E-state index contributed by atoms with van der Waals surface area (Å²) in [4.78, 5) is 27.3. The fraction of sp³-hybridized carbons (Fsp3) is 0.240. The summed E-state index contributed by atoms with van der Waals surface area (Å²) in [6, 6.07) is 15.6. The molecule has 1 aliphatic heterocycles. The van der Waals surface area contributed by atoms with Crippen LogP contribution in [0.25, 0.3) is 33.7 Å². The fourth-order valence-electron chi connectivity index (χ4n) is 4.12. The Morgan fingerprint density at radius 2 is 1.89 bits per heavy atom. The zero-order chi connectivity index (χ0) is 24.4. The van der Waals surface area contributed by atoms with E-state index in [-0.39, 0.29) is 12.3 Å². The van der Waals surface area contributed by atoms with E-state index in [9.17, 15) is 15.2 Å². The van der Waals surface area contributed by atoms with E-state index >= 15 is 0 Å². The SMILES string of the molecule is COc1ccc(-c2ccc3c(N4CCOCC4)nc(-c4cccc([N+](=O)[O-])c4)nc3n2)cc1CO. The van der Waals surface area contributed by atoms with E-state index in [1.807, 2.05) is 24.3 Å². The molecule has 0 radical (unpaired) electrons. The summed E-state index contributed by atoms with van der Waals surface area (Å²) in [5.74, 6) is 1.67. The van der Waals surface area contributed by atoms with Crippen LogP contribution in [0.15, 0.2) is 54.6 Å². The van der Waals surface area contributed by atoms with Crippen molar-refractivity contribution in [1.29, 1.82) is 0 Å². The predicted octanol–water partition coefficient (Wildman–Crippen LogP) is 3.60. The van der Waals surface area contributed by atoms with Gasteiger partial charge in [0.1, 0.15) is 11.6 Å². The van der Waals surface area contributed by atoms with Crippen molar-refractivity contribution >= 4 is 22.5 Å². The van der Waals surface area contributed by atoms with Crippen molar-refractivity contribution in [1.82, 2.24) is 15.0 Å². The summed E-state index contributed by atoms with van der Waals surface area (Å²) in [5, 5.41) is 21.8. The number of ether oxygens (including phenoxy) is 2. The summed E-state index contributed by atoms with van der Waals surface area (Å²) in [6.45, 7) is 2.34. The van der Waals surface area contributed by atoms with Gasteiger partial charge in [-0.3, -0.25) is 10.1 Å². The Kier molecular flexibility index (Phi) is 6.21. The number of hydrogen-bond acceptors (Lipinski definition) is 9. The Balaban J connectivity index is 1.67. The monoisotopic (exact) mass is 473 g/mol. The number of nitro groups is 1. The van der Waals surface area contributed by atoms with Gasteiger partial charge in [-0.05, 0) is 30.3 Å². The average Bonchev–Trinajstić information content (AvgIpc) is 2.92. The number of pyridine rings is 1. The van der Waals surface area contributed by atoms with Crippen LogP contribution in [0.5, 0.6) is 5.75 Å². The largest absolute Gasteiger partial charge is 0.496 e. The number of morpholine rings is 1. The van der Waals surface area contributed by atoms with Gasteiger partial charge in [-0.25, -0.2) is 15.0 Å². The van der Waals surface area contributed by atoms with Crippen LogP contribution in [0.4, 0.5) is 11.5 Å². The highest BCUT2D eigenvalue weighted by molar-refractivity contribution is 5.90. The van der Waals surface area contributed by atoms with Crippen LogP contribution in [-0.2, 0) is 11.3 Å². The van der Waals surface area contributed by atoms with Crippen molar-refractivity contribution < 1.29 is 19.5 Å². The highest BCUT2D eigenvalue weighted by atomic mass is 16.6. The summed E-state index contributed by atoms with van der Waals surface area (Å²) >= 11 is 0. The minimum absolute atomic E-state index is 0.0319. The summed E-state index contributed by atoms with van der Waals surface area (Å²) in [5.41, 5.74) is 3.11. The number of hydrogen-bond donors (Lipinski definition) is 1. The third kappa shape index (κ3) is 4.48. The molecule has 1 saturated heterocycles. The predicted molar refractivity (Wildman–Crippen MR) is 130 cm³/mol. The Labute approximate surface area is 201 Å². The van der Waals surface area contributed by atoms with Gasteiger partial charge in [0.05, 0.1) is 42.9 Å². The van der Waals surface area contributed by atoms with E-state index in [1.54, 1.807) is 25.3 Å². The quantitative estimate of drug-likeness (QED) is 0.330. The molecule has 0 unspecified atom stereocenters. The molecule has 35 heavy (non-hydrogen) atoms. The highest BCUT2D eigenvalue weighted by Gasteiger charge is 2.20. The molecule has 2 aromatic heterocycles. The molecule has 0 bridgehead atoms. The number of aliphatic hydroxyl groups excluding tert-OH is 1. The van der Waals surface area contributed by atoms with Crippen molar-refractivity contribution in [3.63, 3.8) is 0 Å². The van der Waals surface area contributed by atoms with Crippen LogP contribution in [0.3, 0.4) is 0 Å². The molecular formula is C25H23N5O5. The van der Waals surface area contributed by atoms with Gasteiger partial charge in [0.15, 0.2) is 11.5 Å². The number of benzene rings is 2. The summed E-state index contributed by atoms with van der Waals surface area (Å²) in [7, 11) is 1.56. The number of anilines is 1. The van der Waals surface area contributed by atoms with Gasteiger partial charge in [-0.2, -0.15) is 0 Å². The molecule has 10 nitrogen and oxygen atoms in total. The third-order valence-electron chi connectivity index (χ3n) is 5.91. The van der Waals surface area contributed by atoms with Crippen molar-refractivity contribution in [2.75, 3.05) is 38.3 Å². The second-order valence-electron chi connectivity index (χ2n) is 8.03. The topological polar surface area (TPSA) is 124 Å². The molecule has 0 saturated carbocycles. The van der Waals surface area contributed by atoms with Gasteiger partial charge in [0.25, 0.3) is 5.69 Å². The first-order valence-corrected chi connectivity index (χ1v) is 11.1. The number of fused-ring (bicyclic) bond motifs is 1. The molecule has 0 spiro atoms. The van der Waals surface area contributed by atoms with Crippen molar-refractivity contribution in [3.8, 4) is 28.4 Å². The zero-order valence-corrected chi connectivity index (χ0v) is 19.0. The Morgan fingerprint density at radius 1 is 1.06 bits per heavy atom. The first kappa shape index (κ1) is 22.6. The second-order valence-corrected chi connectivity index (χ2v) is 8.03. The molecule has 1 N–H and O–H groups in total. The van der Waals surface area contributed by atoms with Crippen LogP contribution in [0.2, 0.25) is 0 Å². The molecule has 10 heteroatoms. The molecule has 0 atom stereocenters. The maximum Gasteiger partial charge on any atom is 0.270 e. The smallest absolute Gasteiger partial charge is 0.270 e. The molecule has 1 fully saturated rings. The summed E-state index contributed by atoms with van der Waals surface area (Å²) in [6.07, 6.45) is 0. The third-order valence-corrected chi connectivity index (χ3v) is 5.91. The number of rotatable bonds is 6. The van der Waals surface area contributed by atoms with Crippen LogP contribution < -0.4 is 9.64 Å². The molecule has 0 amide bonds. The molecule has 2 aromatic carbocycles. The van der Waals surface area contributed by atoms with Gasteiger partial charge in [-0.1, -0.05) is 12.1 Å². The van der Waals surface area contributed by atoms with E-state index in [2.05, 4.69) is 9.88 Å². The maximum atomic E-state index is 11.3. The first-order valence-electron chi connectivity index (χ1n) is 11.1. The minimum atomic E-state index is -0.438. The lowest BCUT2D eigenvalue weighted by atomic mass is 10.1. The van der Waals surface area contributed by atoms with Crippen LogP contribution in [-0.4, -0.2) is 58.4 Å². The number of non-ortho nitro benzene ring substituents is 1. The van der Waals surface area contributed by atoms with Crippen molar-refractivity contribution in [3.05, 3.63) is 70.3 Å². The van der Waals surface area contributed by atoms with Crippen molar-refractivity contribution in [2.24, 2.45) is 0 Å².